The fourth-order valence-corrected chi connectivity index (χ4v) is 7.65. The second kappa shape index (κ2) is 13.4. The molecule has 54 heavy (non-hydrogen) atoms. The average Bonchev–Trinajstić information content (AvgIpc) is 3.70. The standard InChI is InChI=1S/C51H34N2O/c1-4-13-35(14-5-1)36-25-29-42(30-26-36)53(43-20-12-19-41(33-43)46-22-11-10-21-45(46)37-15-6-2-7-16-37)44-31-27-38-23-24-39-28-32-48-50(49(39)47(38)34-44)54-51(52-48)40-17-8-3-9-18-40/h1-34H. The zero-order valence-electron chi connectivity index (χ0n) is 29.4. The smallest absolute Gasteiger partial charge is 0.227 e. The molecule has 3 heteroatoms. The van der Waals surface area contributed by atoms with Crippen molar-refractivity contribution in [2.24, 2.45) is 0 Å². The third kappa shape index (κ3) is 5.69. The maximum atomic E-state index is 6.59. The molecule has 0 saturated heterocycles. The van der Waals surface area contributed by atoms with Gasteiger partial charge in [0.2, 0.25) is 5.89 Å². The van der Waals surface area contributed by atoms with Crippen LogP contribution in [0.1, 0.15) is 0 Å². The molecule has 0 saturated carbocycles. The van der Waals surface area contributed by atoms with Gasteiger partial charge in [0.1, 0.15) is 5.52 Å². The predicted octanol–water partition coefficient (Wildman–Crippen LogP) is 14.3. The number of fused-ring (bicyclic) bond motifs is 5. The van der Waals surface area contributed by atoms with Gasteiger partial charge < -0.3 is 9.32 Å². The van der Waals surface area contributed by atoms with Gasteiger partial charge in [-0.15, -0.1) is 0 Å². The highest BCUT2D eigenvalue weighted by Gasteiger charge is 2.18. The number of hydrogen-bond acceptors (Lipinski definition) is 3. The van der Waals surface area contributed by atoms with Gasteiger partial charge in [0.05, 0.1) is 0 Å². The van der Waals surface area contributed by atoms with Crippen molar-refractivity contribution in [1.29, 1.82) is 0 Å². The van der Waals surface area contributed by atoms with E-state index in [1.54, 1.807) is 0 Å². The fourth-order valence-electron chi connectivity index (χ4n) is 7.65. The van der Waals surface area contributed by atoms with Crippen LogP contribution in [0.3, 0.4) is 0 Å². The molecule has 10 aromatic rings. The van der Waals surface area contributed by atoms with E-state index in [0.29, 0.717) is 5.89 Å². The maximum Gasteiger partial charge on any atom is 0.227 e. The molecule has 254 valence electrons. The minimum atomic E-state index is 0.624. The van der Waals surface area contributed by atoms with Crippen molar-refractivity contribution in [2.45, 2.75) is 0 Å². The number of nitrogens with zero attached hydrogens (tertiary/aromatic N) is 2. The molecule has 0 aliphatic heterocycles. The summed E-state index contributed by atoms with van der Waals surface area (Å²) in [6, 6.07) is 73.0. The van der Waals surface area contributed by atoms with Crippen molar-refractivity contribution in [3.8, 4) is 44.8 Å². The summed E-state index contributed by atoms with van der Waals surface area (Å²) in [6.07, 6.45) is 0. The van der Waals surface area contributed by atoms with Crippen molar-refractivity contribution in [3.05, 3.63) is 206 Å². The van der Waals surface area contributed by atoms with Gasteiger partial charge in [0.25, 0.3) is 0 Å². The van der Waals surface area contributed by atoms with E-state index in [2.05, 4.69) is 181 Å². The van der Waals surface area contributed by atoms with Gasteiger partial charge >= 0.3 is 0 Å². The maximum absolute atomic E-state index is 6.59. The number of oxazole rings is 1. The van der Waals surface area contributed by atoms with Crippen LogP contribution in [-0.2, 0) is 0 Å². The molecular weight excluding hydrogens is 657 g/mol. The van der Waals surface area contributed by atoms with Crippen LogP contribution in [0, 0.1) is 0 Å². The normalized spacial score (nSPS) is 11.3. The summed E-state index contributed by atoms with van der Waals surface area (Å²) in [4.78, 5) is 7.27. The molecule has 0 amide bonds. The van der Waals surface area contributed by atoms with E-state index in [1.165, 1.54) is 27.8 Å². The Labute approximate surface area is 314 Å². The highest BCUT2D eigenvalue weighted by Crippen LogP contribution is 2.42. The van der Waals surface area contributed by atoms with Gasteiger partial charge in [-0.3, -0.25) is 0 Å². The number of aromatic nitrogens is 1. The second-order valence-corrected chi connectivity index (χ2v) is 13.6. The van der Waals surface area contributed by atoms with Gasteiger partial charge in [-0.1, -0.05) is 152 Å². The predicted molar refractivity (Wildman–Crippen MR) is 225 cm³/mol. The summed E-state index contributed by atoms with van der Waals surface area (Å²) in [5.74, 6) is 0.624. The van der Waals surface area contributed by atoms with Crippen LogP contribution < -0.4 is 4.90 Å². The zero-order chi connectivity index (χ0) is 35.8. The molecule has 0 N–H and O–H groups in total. The molecule has 0 aliphatic carbocycles. The first-order valence-corrected chi connectivity index (χ1v) is 18.3. The van der Waals surface area contributed by atoms with Gasteiger partial charge in [-0.2, -0.15) is 0 Å². The lowest BCUT2D eigenvalue weighted by molar-refractivity contribution is 0.623. The first-order valence-electron chi connectivity index (χ1n) is 18.3. The molecule has 0 spiro atoms. The summed E-state index contributed by atoms with van der Waals surface area (Å²) in [6.45, 7) is 0. The SMILES string of the molecule is c1ccc(-c2ccc(N(c3cccc(-c4ccccc4-c4ccccc4)c3)c3ccc4ccc5ccc6nc(-c7ccccc7)oc6c5c4c3)cc2)cc1. The summed E-state index contributed by atoms with van der Waals surface area (Å²) >= 11 is 0. The quantitative estimate of drug-likeness (QED) is 0.156. The summed E-state index contributed by atoms with van der Waals surface area (Å²) in [7, 11) is 0. The Balaban J connectivity index is 1.16. The molecular formula is C51H34N2O. The van der Waals surface area contributed by atoms with Crippen LogP contribution in [0.5, 0.6) is 0 Å². The topological polar surface area (TPSA) is 29.3 Å². The zero-order valence-corrected chi connectivity index (χ0v) is 29.4. The van der Waals surface area contributed by atoms with E-state index >= 15 is 0 Å². The second-order valence-electron chi connectivity index (χ2n) is 13.6. The average molecular weight is 691 g/mol. The lowest BCUT2D eigenvalue weighted by Gasteiger charge is -2.27. The Hall–Kier alpha value is -7.23. The van der Waals surface area contributed by atoms with Crippen LogP contribution in [0.25, 0.3) is 77.5 Å². The Kier molecular flexibility index (Phi) is 7.81. The van der Waals surface area contributed by atoms with Gasteiger partial charge in [-0.05, 0) is 104 Å². The third-order valence-corrected chi connectivity index (χ3v) is 10.3. The Bertz CT molecular complexity index is 2920. The number of rotatable bonds is 7. The number of anilines is 3. The lowest BCUT2D eigenvalue weighted by Crippen LogP contribution is -2.10. The monoisotopic (exact) mass is 690 g/mol. The third-order valence-electron chi connectivity index (χ3n) is 10.3. The molecule has 10 rings (SSSR count). The van der Waals surface area contributed by atoms with Crippen molar-refractivity contribution in [2.75, 3.05) is 4.90 Å². The Morgan fingerprint density at radius 2 is 0.907 bits per heavy atom. The molecule has 1 aromatic heterocycles. The molecule has 0 fully saturated rings. The van der Waals surface area contributed by atoms with Gasteiger partial charge in [-0.25, -0.2) is 4.98 Å². The van der Waals surface area contributed by atoms with Gasteiger partial charge in [0.15, 0.2) is 5.58 Å². The van der Waals surface area contributed by atoms with Crippen LogP contribution in [0.15, 0.2) is 211 Å². The number of benzene rings is 9. The molecule has 0 radical (unpaired) electrons. The highest BCUT2D eigenvalue weighted by molar-refractivity contribution is 6.18. The summed E-state index contributed by atoms with van der Waals surface area (Å²) in [5, 5.41) is 4.43. The van der Waals surface area contributed by atoms with Crippen LogP contribution in [-0.4, -0.2) is 4.98 Å². The van der Waals surface area contributed by atoms with Crippen molar-refractivity contribution in [3.63, 3.8) is 0 Å². The van der Waals surface area contributed by atoms with Crippen molar-refractivity contribution < 1.29 is 4.42 Å². The van der Waals surface area contributed by atoms with E-state index in [1.807, 2.05) is 30.3 Å². The first-order chi connectivity index (χ1) is 26.8. The Morgan fingerprint density at radius 3 is 1.65 bits per heavy atom. The molecule has 9 aromatic carbocycles. The van der Waals surface area contributed by atoms with Crippen LogP contribution >= 0.6 is 0 Å². The van der Waals surface area contributed by atoms with E-state index in [9.17, 15) is 0 Å². The van der Waals surface area contributed by atoms with E-state index in [-0.39, 0.29) is 0 Å². The molecule has 0 unspecified atom stereocenters. The van der Waals surface area contributed by atoms with Crippen LogP contribution in [0.2, 0.25) is 0 Å². The van der Waals surface area contributed by atoms with E-state index in [0.717, 1.165) is 60.8 Å². The molecule has 3 nitrogen and oxygen atoms in total. The van der Waals surface area contributed by atoms with Crippen LogP contribution in [0.4, 0.5) is 17.1 Å². The van der Waals surface area contributed by atoms with Gasteiger partial charge in [0, 0.05) is 28.0 Å². The summed E-state index contributed by atoms with van der Waals surface area (Å²) < 4.78 is 6.59. The summed E-state index contributed by atoms with van der Waals surface area (Å²) in [5.41, 5.74) is 12.9. The first kappa shape index (κ1) is 31.5. The van der Waals surface area contributed by atoms with Crippen molar-refractivity contribution >= 4 is 49.7 Å². The minimum absolute atomic E-state index is 0.624. The molecule has 0 atom stereocenters. The Morgan fingerprint density at radius 1 is 0.370 bits per heavy atom. The molecule has 1 heterocycles. The van der Waals surface area contributed by atoms with E-state index < -0.39 is 0 Å². The van der Waals surface area contributed by atoms with Crippen molar-refractivity contribution in [1.82, 2.24) is 4.98 Å². The fraction of sp³-hybridized carbons (Fsp3) is 0. The largest absolute Gasteiger partial charge is 0.435 e. The lowest BCUT2D eigenvalue weighted by atomic mass is 9.94. The molecule has 0 bridgehead atoms. The van der Waals surface area contributed by atoms with E-state index in [4.69, 9.17) is 9.40 Å². The minimum Gasteiger partial charge on any atom is -0.435 e. The highest BCUT2D eigenvalue weighted by atomic mass is 16.3. The number of hydrogen-bond donors (Lipinski definition) is 0. The molecule has 0 aliphatic rings.